The van der Waals surface area contributed by atoms with Crippen LogP contribution in [0.1, 0.15) is 17.5 Å². The van der Waals surface area contributed by atoms with Crippen molar-refractivity contribution < 1.29 is 4.79 Å². The number of nitrogens with two attached hydrogens (primary N) is 1. The zero-order valence-electron chi connectivity index (χ0n) is 9.40. The summed E-state index contributed by atoms with van der Waals surface area (Å²) >= 11 is 5.98. The summed E-state index contributed by atoms with van der Waals surface area (Å²) in [5, 5.41) is 0.711. The molecule has 1 unspecified atom stereocenters. The fourth-order valence-electron chi connectivity index (χ4n) is 2.84. The van der Waals surface area contributed by atoms with Crippen LogP contribution >= 0.6 is 11.6 Å². The maximum absolute atomic E-state index is 11.7. The second-order valence-electron chi connectivity index (χ2n) is 4.50. The van der Waals surface area contributed by atoms with Crippen LogP contribution in [0.2, 0.25) is 5.02 Å². The molecule has 1 aromatic carbocycles. The summed E-state index contributed by atoms with van der Waals surface area (Å²) in [4.78, 5) is 17.2. The minimum absolute atomic E-state index is 0.273. The number of benzene rings is 1. The van der Waals surface area contributed by atoms with Crippen molar-refractivity contribution in [1.82, 2.24) is 4.90 Å². The zero-order chi connectivity index (χ0) is 12.2. The van der Waals surface area contributed by atoms with Gasteiger partial charge >= 0.3 is 6.03 Å². The van der Waals surface area contributed by atoms with Gasteiger partial charge in [-0.2, -0.15) is 4.99 Å². The van der Waals surface area contributed by atoms with Crippen LogP contribution in [0.3, 0.4) is 0 Å². The van der Waals surface area contributed by atoms with Crippen LogP contribution in [0.4, 0.5) is 4.79 Å². The van der Waals surface area contributed by atoms with Gasteiger partial charge in [-0.05, 0) is 36.1 Å². The summed E-state index contributed by atoms with van der Waals surface area (Å²) in [6.45, 7) is 0. The van der Waals surface area contributed by atoms with Gasteiger partial charge in [-0.15, -0.1) is 0 Å². The Bertz CT molecular complexity index is 555. The van der Waals surface area contributed by atoms with Crippen LogP contribution < -0.4 is 5.73 Å². The Labute approximate surface area is 104 Å². The number of urea groups is 1. The molecular formula is C12H12ClN3O. The molecule has 1 aliphatic carbocycles. The highest BCUT2D eigenvalue weighted by Crippen LogP contribution is 2.44. The third kappa shape index (κ3) is 1.19. The van der Waals surface area contributed by atoms with Crippen molar-refractivity contribution in [3.63, 3.8) is 0 Å². The first kappa shape index (κ1) is 10.6. The highest BCUT2D eigenvalue weighted by atomic mass is 35.5. The van der Waals surface area contributed by atoms with E-state index in [1.54, 1.807) is 11.9 Å². The molecule has 88 valence electrons. The van der Waals surface area contributed by atoms with E-state index in [-0.39, 0.29) is 6.03 Å². The Morgan fingerprint density at radius 2 is 2.29 bits per heavy atom. The largest absolute Gasteiger partial charge is 0.385 e. The minimum atomic E-state index is -0.545. The second-order valence-corrected chi connectivity index (χ2v) is 4.94. The molecule has 0 saturated carbocycles. The Kier molecular flexibility index (Phi) is 2.01. The van der Waals surface area contributed by atoms with Crippen LogP contribution in [0.15, 0.2) is 23.2 Å². The molecule has 1 aliphatic heterocycles. The Morgan fingerprint density at radius 1 is 1.53 bits per heavy atom. The molecule has 1 heterocycles. The van der Waals surface area contributed by atoms with Gasteiger partial charge in [0.05, 0.1) is 0 Å². The van der Waals surface area contributed by atoms with Gasteiger partial charge in [0.1, 0.15) is 11.4 Å². The summed E-state index contributed by atoms with van der Waals surface area (Å²) in [6, 6.07) is 5.44. The average molecular weight is 250 g/mol. The summed E-state index contributed by atoms with van der Waals surface area (Å²) < 4.78 is 0. The third-order valence-corrected chi connectivity index (χ3v) is 4.00. The first-order valence-electron chi connectivity index (χ1n) is 5.47. The number of halogens is 1. The second kappa shape index (κ2) is 3.23. The van der Waals surface area contributed by atoms with Crippen molar-refractivity contribution in [2.45, 2.75) is 18.4 Å². The number of fused-ring (bicyclic) bond motifs is 2. The van der Waals surface area contributed by atoms with Gasteiger partial charge in [0.2, 0.25) is 0 Å². The number of carbonyl (C=O) groups is 1. The summed E-state index contributed by atoms with van der Waals surface area (Å²) in [5.41, 5.74) is 7.62. The van der Waals surface area contributed by atoms with Crippen LogP contribution in [0, 0.1) is 0 Å². The number of likely N-dealkylation sites (N-methyl/N-ethyl adjacent to an activating group) is 1. The van der Waals surface area contributed by atoms with Gasteiger partial charge < -0.3 is 10.6 Å². The van der Waals surface area contributed by atoms with E-state index < -0.39 is 5.54 Å². The lowest BCUT2D eigenvalue weighted by Crippen LogP contribution is -2.48. The molecular weight excluding hydrogens is 238 g/mol. The number of amidine groups is 1. The highest BCUT2D eigenvalue weighted by molar-refractivity contribution is 6.30. The quantitative estimate of drug-likeness (QED) is 0.764. The van der Waals surface area contributed by atoms with Crippen molar-refractivity contribution in [3.8, 4) is 0 Å². The predicted octanol–water partition coefficient (Wildman–Crippen LogP) is 1.90. The molecule has 1 atom stereocenters. The molecule has 17 heavy (non-hydrogen) atoms. The lowest BCUT2D eigenvalue weighted by molar-refractivity contribution is 0.190. The van der Waals surface area contributed by atoms with Gasteiger partial charge in [-0.25, -0.2) is 4.79 Å². The Hall–Kier alpha value is -1.55. The zero-order valence-corrected chi connectivity index (χ0v) is 10.2. The maximum atomic E-state index is 11.7. The van der Waals surface area contributed by atoms with Crippen LogP contribution in [-0.2, 0) is 12.0 Å². The monoisotopic (exact) mass is 249 g/mol. The molecule has 0 fully saturated rings. The average Bonchev–Trinajstić information content (AvgIpc) is 2.75. The standard InChI is InChI=1S/C12H12ClN3O/c1-16-11(17)15-10(14)12(16)5-4-7-6-8(13)2-3-9(7)12/h2-3,6H,4-5H2,1H3,(H2,14,15,17). The van der Waals surface area contributed by atoms with E-state index in [0.717, 1.165) is 24.0 Å². The van der Waals surface area contributed by atoms with E-state index in [9.17, 15) is 4.79 Å². The molecule has 5 heteroatoms. The molecule has 1 spiro atoms. The van der Waals surface area contributed by atoms with E-state index >= 15 is 0 Å². The van der Waals surface area contributed by atoms with Crippen LogP contribution in [0.25, 0.3) is 0 Å². The Balaban J connectivity index is 2.21. The van der Waals surface area contributed by atoms with E-state index in [4.69, 9.17) is 17.3 Å². The molecule has 3 rings (SSSR count). The number of nitrogens with zero attached hydrogens (tertiary/aromatic N) is 2. The molecule has 2 amide bonds. The van der Waals surface area contributed by atoms with Gasteiger partial charge in [-0.1, -0.05) is 17.7 Å². The number of aryl methyl sites for hydroxylation is 1. The molecule has 2 N–H and O–H groups in total. The first-order chi connectivity index (χ1) is 8.05. The Morgan fingerprint density at radius 3 is 2.94 bits per heavy atom. The summed E-state index contributed by atoms with van der Waals surface area (Å²) in [7, 11) is 1.75. The normalized spacial score (nSPS) is 26.6. The SMILES string of the molecule is CN1C(=O)N=C(N)C12CCc1cc(Cl)ccc12. The van der Waals surface area contributed by atoms with Crippen molar-refractivity contribution in [3.05, 3.63) is 34.3 Å². The fourth-order valence-corrected chi connectivity index (χ4v) is 3.04. The van der Waals surface area contributed by atoms with Crippen molar-refractivity contribution >= 4 is 23.5 Å². The third-order valence-electron chi connectivity index (χ3n) is 3.77. The van der Waals surface area contributed by atoms with Gasteiger partial charge in [0.25, 0.3) is 0 Å². The lowest BCUT2D eigenvalue weighted by atomic mass is 9.90. The molecule has 0 radical (unpaired) electrons. The van der Waals surface area contributed by atoms with Gasteiger partial charge in [-0.3, -0.25) is 0 Å². The summed E-state index contributed by atoms with van der Waals surface area (Å²) in [5.74, 6) is 0.395. The number of aliphatic imine (C=N–C) groups is 1. The fraction of sp³-hybridized carbons (Fsp3) is 0.333. The first-order valence-corrected chi connectivity index (χ1v) is 5.85. The number of rotatable bonds is 0. The molecule has 0 bridgehead atoms. The summed E-state index contributed by atoms with van der Waals surface area (Å²) in [6.07, 6.45) is 1.64. The van der Waals surface area contributed by atoms with E-state index in [0.29, 0.717) is 10.9 Å². The van der Waals surface area contributed by atoms with Gasteiger partial charge in [0, 0.05) is 12.1 Å². The van der Waals surface area contributed by atoms with Gasteiger partial charge in [0.15, 0.2) is 0 Å². The predicted molar refractivity (Wildman–Crippen MR) is 66.2 cm³/mol. The number of hydrogen-bond donors (Lipinski definition) is 1. The topological polar surface area (TPSA) is 58.7 Å². The molecule has 2 aliphatic rings. The number of carbonyl (C=O) groups excluding carboxylic acids is 1. The minimum Gasteiger partial charge on any atom is -0.385 e. The van der Waals surface area contributed by atoms with Crippen molar-refractivity contribution in [2.75, 3.05) is 7.05 Å². The van der Waals surface area contributed by atoms with E-state index in [2.05, 4.69) is 4.99 Å². The molecule has 4 nitrogen and oxygen atoms in total. The number of hydrogen-bond acceptors (Lipinski definition) is 2. The van der Waals surface area contributed by atoms with Crippen molar-refractivity contribution in [1.29, 1.82) is 0 Å². The van der Waals surface area contributed by atoms with E-state index in [1.807, 2.05) is 18.2 Å². The number of amides is 2. The van der Waals surface area contributed by atoms with E-state index in [1.165, 1.54) is 0 Å². The molecule has 0 saturated heterocycles. The molecule has 0 aromatic heterocycles. The highest BCUT2D eigenvalue weighted by Gasteiger charge is 2.51. The lowest BCUT2D eigenvalue weighted by Gasteiger charge is -2.32. The maximum Gasteiger partial charge on any atom is 0.346 e. The van der Waals surface area contributed by atoms with Crippen molar-refractivity contribution in [2.24, 2.45) is 10.7 Å². The van der Waals surface area contributed by atoms with Crippen LogP contribution in [-0.4, -0.2) is 23.8 Å². The van der Waals surface area contributed by atoms with Crippen LogP contribution in [0.5, 0.6) is 0 Å². The smallest absolute Gasteiger partial charge is 0.346 e. The molecule has 1 aromatic rings.